The standard InChI is InChI=1S/C14H16O5.C14H18O5/c1-17-9-6-4-8(5-7-9)10-11(13(15)18-2)12(10)14(16)19-3;1-17-12-6-4-10(5-7-12)11(8-13(15)18-2)9-14(16)19-3/h4-7,10-12H,1-3H3;4-7,11H,8-9H2,1-3H3/t10?,11-,12+;. The maximum Gasteiger partial charge on any atom is 0.310 e. The molecular formula is C28H34O10. The van der Waals surface area contributed by atoms with Crippen molar-refractivity contribution in [2.75, 3.05) is 42.7 Å². The van der Waals surface area contributed by atoms with Crippen LogP contribution in [0.1, 0.15) is 35.8 Å². The quantitative estimate of drug-likeness (QED) is 0.334. The van der Waals surface area contributed by atoms with E-state index in [1.165, 1.54) is 28.4 Å². The minimum absolute atomic E-state index is 0.137. The third kappa shape index (κ3) is 7.96. The molecule has 1 fully saturated rings. The number of carbonyl (C=O) groups excluding carboxylic acids is 4. The van der Waals surface area contributed by atoms with Gasteiger partial charge in [0.15, 0.2) is 0 Å². The summed E-state index contributed by atoms with van der Waals surface area (Å²) in [5.74, 6) is -1.36. The van der Waals surface area contributed by atoms with Crippen LogP contribution in [0.4, 0.5) is 0 Å². The van der Waals surface area contributed by atoms with E-state index in [-0.39, 0.29) is 48.6 Å². The van der Waals surface area contributed by atoms with Crippen molar-refractivity contribution in [1.82, 2.24) is 0 Å². The van der Waals surface area contributed by atoms with E-state index >= 15 is 0 Å². The summed E-state index contributed by atoms with van der Waals surface area (Å²) in [6.07, 6.45) is 0.274. The van der Waals surface area contributed by atoms with Crippen LogP contribution in [0.15, 0.2) is 48.5 Å². The number of esters is 4. The number of carbonyl (C=O) groups is 4. The van der Waals surface area contributed by atoms with Crippen molar-refractivity contribution in [3.8, 4) is 11.5 Å². The molecule has 0 spiro atoms. The van der Waals surface area contributed by atoms with Gasteiger partial charge >= 0.3 is 23.9 Å². The molecule has 1 aliphatic carbocycles. The lowest BCUT2D eigenvalue weighted by molar-refractivity contribution is -0.148. The van der Waals surface area contributed by atoms with E-state index in [9.17, 15) is 19.2 Å². The first kappa shape index (κ1) is 30.1. The number of methoxy groups -OCH3 is 6. The Labute approximate surface area is 222 Å². The lowest BCUT2D eigenvalue weighted by Crippen LogP contribution is -2.13. The summed E-state index contributed by atoms with van der Waals surface area (Å²) in [6.45, 7) is 0. The first-order valence-corrected chi connectivity index (χ1v) is 11.8. The molecule has 0 aliphatic heterocycles. The molecule has 10 heteroatoms. The van der Waals surface area contributed by atoms with Gasteiger partial charge in [-0.25, -0.2) is 0 Å². The van der Waals surface area contributed by atoms with Gasteiger partial charge in [-0.2, -0.15) is 0 Å². The Kier molecular flexibility index (Phi) is 11.6. The first-order valence-electron chi connectivity index (χ1n) is 11.8. The summed E-state index contributed by atoms with van der Waals surface area (Å²) < 4.78 is 28.9. The zero-order valence-corrected chi connectivity index (χ0v) is 22.4. The summed E-state index contributed by atoms with van der Waals surface area (Å²) in [5, 5.41) is 0. The summed E-state index contributed by atoms with van der Waals surface area (Å²) in [7, 11) is 8.45. The summed E-state index contributed by atoms with van der Waals surface area (Å²) in [5.41, 5.74) is 1.78. The zero-order valence-electron chi connectivity index (χ0n) is 22.4. The first-order chi connectivity index (χ1) is 18.2. The van der Waals surface area contributed by atoms with Crippen LogP contribution in [0.5, 0.6) is 11.5 Å². The number of hydrogen-bond acceptors (Lipinski definition) is 10. The van der Waals surface area contributed by atoms with Gasteiger partial charge in [0.2, 0.25) is 0 Å². The maximum atomic E-state index is 11.7. The highest BCUT2D eigenvalue weighted by atomic mass is 16.5. The Bertz CT molecular complexity index is 992. The van der Waals surface area contributed by atoms with E-state index in [2.05, 4.69) is 9.47 Å². The lowest BCUT2D eigenvalue weighted by Gasteiger charge is -2.15. The second-order valence-electron chi connectivity index (χ2n) is 8.43. The maximum absolute atomic E-state index is 11.7. The van der Waals surface area contributed by atoms with Crippen LogP contribution in [-0.4, -0.2) is 66.5 Å². The van der Waals surface area contributed by atoms with Crippen molar-refractivity contribution in [3.63, 3.8) is 0 Å². The fourth-order valence-corrected chi connectivity index (χ4v) is 4.16. The molecule has 0 amide bonds. The molecule has 2 aromatic rings. The van der Waals surface area contributed by atoms with Crippen molar-refractivity contribution in [2.45, 2.75) is 24.7 Å². The molecule has 1 unspecified atom stereocenters. The van der Waals surface area contributed by atoms with E-state index in [1.54, 1.807) is 38.5 Å². The SMILES string of the molecule is COC(=O)CC(CC(=O)OC)c1ccc(OC)cc1.COC(=O)[C@@H]1C(c2ccc(OC)cc2)[C@@H]1C(=O)OC. The monoisotopic (exact) mass is 530 g/mol. The zero-order chi connectivity index (χ0) is 28.2. The van der Waals surface area contributed by atoms with E-state index in [4.69, 9.17) is 18.9 Å². The van der Waals surface area contributed by atoms with E-state index in [0.29, 0.717) is 0 Å². The van der Waals surface area contributed by atoms with Crippen molar-refractivity contribution >= 4 is 23.9 Å². The van der Waals surface area contributed by atoms with Crippen LogP contribution in [-0.2, 0) is 38.1 Å². The van der Waals surface area contributed by atoms with E-state index in [1.807, 2.05) is 24.3 Å². The average molecular weight is 531 g/mol. The highest BCUT2D eigenvalue weighted by Gasteiger charge is 2.61. The molecular weight excluding hydrogens is 496 g/mol. The number of hydrogen-bond donors (Lipinski definition) is 0. The minimum atomic E-state index is -0.453. The molecule has 0 N–H and O–H groups in total. The molecule has 0 radical (unpaired) electrons. The van der Waals surface area contributed by atoms with Gasteiger partial charge < -0.3 is 28.4 Å². The van der Waals surface area contributed by atoms with E-state index in [0.717, 1.165) is 22.6 Å². The Morgan fingerprint density at radius 1 is 0.605 bits per heavy atom. The molecule has 0 aromatic heterocycles. The minimum Gasteiger partial charge on any atom is -0.497 e. The topological polar surface area (TPSA) is 124 Å². The van der Waals surface area contributed by atoms with Crippen LogP contribution in [0.3, 0.4) is 0 Å². The molecule has 0 saturated heterocycles. The van der Waals surface area contributed by atoms with Crippen molar-refractivity contribution < 1.29 is 47.6 Å². The highest BCUT2D eigenvalue weighted by molar-refractivity contribution is 5.90. The van der Waals surface area contributed by atoms with Crippen molar-refractivity contribution in [2.24, 2.45) is 11.8 Å². The highest BCUT2D eigenvalue weighted by Crippen LogP contribution is 2.55. The van der Waals surface area contributed by atoms with Gasteiger partial charge in [0.1, 0.15) is 11.5 Å². The van der Waals surface area contributed by atoms with Gasteiger partial charge in [0.25, 0.3) is 0 Å². The number of benzene rings is 2. The third-order valence-electron chi connectivity index (χ3n) is 6.34. The second-order valence-corrected chi connectivity index (χ2v) is 8.43. The normalized spacial score (nSPS) is 17.3. The summed E-state index contributed by atoms with van der Waals surface area (Å²) >= 11 is 0. The molecule has 38 heavy (non-hydrogen) atoms. The van der Waals surface area contributed by atoms with Gasteiger partial charge in [0, 0.05) is 11.8 Å². The van der Waals surface area contributed by atoms with Crippen LogP contribution >= 0.6 is 0 Å². The second kappa shape index (κ2) is 14.6. The Morgan fingerprint density at radius 2 is 1.00 bits per heavy atom. The van der Waals surface area contributed by atoms with Crippen LogP contribution in [0.25, 0.3) is 0 Å². The molecule has 3 rings (SSSR count). The van der Waals surface area contributed by atoms with Crippen LogP contribution < -0.4 is 9.47 Å². The molecule has 1 aliphatic rings. The number of ether oxygens (including phenoxy) is 6. The molecule has 2 aromatic carbocycles. The van der Waals surface area contributed by atoms with Crippen LogP contribution in [0, 0.1) is 11.8 Å². The van der Waals surface area contributed by atoms with Gasteiger partial charge in [0.05, 0.1) is 67.3 Å². The molecule has 0 bridgehead atoms. The van der Waals surface area contributed by atoms with Crippen molar-refractivity contribution in [3.05, 3.63) is 59.7 Å². The Balaban J connectivity index is 0.000000267. The van der Waals surface area contributed by atoms with Crippen LogP contribution in [0.2, 0.25) is 0 Å². The molecule has 10 nitrogen and oxygen atoms in total. The van der Waals surface area contributed by atoms with Gasteiger partial charge in [-0.05, 0) is 35.4 Å². The largest absolute Gasteiger partial charge is 0.497 e. The summed E-state index contributed by atoms with van der Waals surface area (Å²) in [4.78, 5) is 46.1. The fraction of sp³-hybridized carbons (Fsp3) is 0.429. The summed E-state index contributed by atoms with van der Waals surface area (Å²) in [6, 6.07) is 14.5. The fourth-order valence-electron chi connectivity index (χ4n) is 4.16. The predicted molar refractivity (Wildman–Crippen MR) is 136 cm³/mol. The lowest BCUT2D eigenvalue weighted by atomic mass is 9.92. The average Bonchev–Trinajstić information content (AvgIpc) is 3.72. The number of rotatable bonds is 10. The van der Waals surface area contributed by atoms with Gasteiger partial charge in [-0.15, -0.1) is 0 Å². The Morgan fingerprint density at radius 3 is 1.34 bits per heavy atom. The third-order valence-corrected chi connectivity index (χ3v) is 6.34. The van der Waals surface area contributed by atoms with Gasteiger partial charge in [-0.3, -0.25) is 19.2 Å². The van der Waals surface area contributed by atoms with Crippen molar-refractivity contribution in [1.29, 1.82) is 0 Å². The van der Waals surface area contributed by atoms with Gasteiger partial charge in [-0.1, -0.05) is 24.3 Å². The molecule has 206 valence electrons. The molecule has 3 atom stereocenters. The predicted octanol–water partition coefficient (Wildman–Crippen LogP) is 3.28. The Hall–Kier alpha value is -4.08. The smallest absolute Gasteiger partial charge is 0.310 e. The molecule has 0 heterocycles. The molecule has 1 saturated carbocycles. The van der Waals surface area contributed by atoms with E-state index < -0.39 is 11.8 Å².